The van der Waals surface area contributed by atoms with Crippen LogP contribution in [0.4, 0.5) is 0 Å². The minimum absolute atomic E-state index is 0.535. The molecule has 0 bridgehead atoms. The van der Waals surface area contributed by atoms with Gasteiger partial charge in [-0.05, 0) is 12.8 Å². The highest BCUT2D eigenvalue weighted by Crippen LogP contribution is 2.38. The summed E-state index contributed by atoms with van der Waals surface area (Å²) in [5.41, 5.74) is 0. The van der Waals surface area contributed by atoms with Crippen LogP contribution in [0.15, 0.2) is 9.68 Å². The van der Waals surface area contributed by atoms with E-state index in [1.807, 2.05) is 6.92 Å². The zero-order chi connectivity index (χ0) is 11.7. The molecule has 17 heavy (non-hydrogen) atoms. The predicted molar refractivity (Wildman–Crippen MR) is 61.6 cm³/mol. The Bertz CT molecular complexity index is 504. The average Bonchev–Trinajstić information content (AvgIpc) is 2.93. The van der Waals surface area contributed by atoms with Crippen molar-refractivity contribution in [1.29, 1.82) is 0 Å². The van der Waals surface area contributed by atoms with Crippen molar-refractivity contribution < 1.29 is 4.52 Å². The van der Waals surface area contributed by atoms with E-state index in [1.54, 1.807) is 0 Å². The Balaban J connectivity index is 1.58. The van der Waals surface area contributed by atoms with E-state index in [9.17, 15) is 0 Å². The summed E-state index contributed by atoms with van der Waals surface area (Å²) < 4.78 is 5.17. The number of nitrogens with zero attached hydrogens (tertiary/aromatic N) is 4. The Morgan fingerprint density at radius 2 is 2.29 bits per heavy atom. The summed E-state index contributed by atoms with van der Waals surface area (Å²) in [5, 5.41) is 11.7. The van der Waals surface area contributed by atoms with Gasteiger partial charge in [-0.1, -0.05) is 23.8 Å². The maximum absolute atomic E-state index is 5.17. The number of aryl methyl sites for hydroxylation is 1. The van der Waals surface area contributed by atoms with Gasteiger partial charge in [-0.15, -0.1) is 5.10 Å². The SMILES string of the molecule is CCc1nc(SCc2nc(C3CC3)no2)n[nH]1. The number of rotatable bonds is 5. The first kappa shape index (κ1) is 10.8. The molecule has 3 rings (SSSR count). The summed E-state index contributed by atoms with van der Waals surface area (Å²) in [6.07, 6.45) is 3.24. The van der Waals surface area contributed by atoms with Crippen LogP contribution in [0.3, 0.4) is 0 Å². The molecule has 0 aromatic carbocycles. The second-order valence-corrected chi connectivity index (χ2v) is 4.97. The van der Waals surface area contributed by atoms with Crippen LogP contribution in [0.25, 0.3) is 0 Å². The lowest BCUT2D eigenvalue weighted by Gasteiger charge is -1.89. The van der Waals surface area contributed by atoms with Crippen LogP contribution in [0.2, 0.25) is 0 Å². The zero-order valence-electron chi connectivity index (χ0n) is 9.51. The third-order valence-corrected chi connectivity index (χ3v) is 3.43. The summed E-state index contributed by atoms with van der Waals surface area (Å²) in [7, 11) is 0. The molecule has 0 atom stereocenters. The number of nitrogens with one attached hydrogen (secondary N) is 1. The molecule has 1 aliphatic carbocycles. The summed E-state index contributed by atoms with van der Waals surface area (Å²) in [6, 6.07) is 0. The summed E-state index contributed by atoms with van der Waals surface area (Å²) in [5.74, 6) is 3.56. The van der Waals surface area contributed by atoms with Crippen LogP contribution in [-0.4, -0.2) is 25.3 Å². The highest BCUT2D eigenvalue weighted by Gasteiger charge is 2.28. The van der Waals surface area contributed by atoms with Gasteiger partial charge in [0.2, 0.25) is 11.0 Å². The van der Waals surface area contributed by atoms with Gasteiger partial charge in [0, 0.05) is 12.3 Å². The van der Waals surface area contributed by atoms with Crippen molar-refractivity contribution in [2.75, 3.05) is 0 Å². The van der Waals surface area contributed by atoms with Crippen molar-refractivity contribution in [2.24, 2.45) is 0 Å². The Labute approximate surface area is 103 Å². The van der Waals surface area contributed by atoms with Crippen molar-refractivity contribution in [3.8, 4) is 0 Å². The molecule has 0 spiro atoms. The largest absolute Gasteiger partial charge is 0.338 e. The van der Waals surface area contributed by atoms with Gasteiger partial charge in [0.25, 0.3) is 0 Å². The molecular weight excluding hydrogens is 238 g/mol. The van der Waals surface area contributed by atoms with E-state index in [4.69, 9.17) is 4.52 Å². The summed E-state index contributed by atoms with van der Waals surface area (Å²) in [6.45, 7) is 2.04. The van der Waals surface area contributed by atoms with E-state index in [0.717, 1.165) is 23.2 Å². The Kier molecular flexibility index (Phi) is 2.84. The molecule has 2 heterocycles. The number of hydrogen-bond acceptors (Lipinski definition) is 6. The lowest BCUT2D eigenvalue weighted by molar-refractivity contribution is 0.385. The Morgan fingerprint density at radius 1 is 1.41 bits per heavy atom. The van der Waals surface area contributed by atoms with E-state index in [-0.39, 0.29) is 0 Å². The molecule has 6 nitrogen and oxygen atoms in total. The summed E-state index contributed by atoms with van der Waals surface area (Å²) in [4.78, 5) is 8.65. The topological polar surface area (TPSA) is 80.5 Å². The molecule has 0 saturated heterocycles. The number of aromatic amines is 1. The van der Waals surface area contributed by atoms with Crippen molar-refractivity contribution in [1.82, 2.24) is 25.3 Å². The van der Waals surface area contributed by atoms with Gasteiger partial charge in [-0.25, -0.2) is 4.98 Å². The van der Waals surface area contributed by atoms with Crippen molar-refractivity contribution in [3.63, 3.8) is 0 Å². The first-order chi connectivity index (χ1) is 8.35. The quantitative estimate of drug-likeness (QED) is 0.818. The van der Waals surface area contributed by atoms with Gasteiger partial charge < -0.3 is 4.52 Å². The molecule has 2 aromatic heterocycles. The van der Waals surface area contributed by atoms with Crippen molar-refractivity contribution in [3.05, 3.63) is 17.5 Å². The summed E-state index contributed by atoms with van der Waals surface area (Å²) >= 11 is 1.51. The molecule has 0 radical (unpaired) electrons. The molecule has 1 aliphatic rings. The predicted octanol–water partition coefficient (Wildman–Crippen LogP) is 1.92. The fourth-order valence-electron chi connectivity index (χ4n) is 1.46. The fourth-order valence-corrected chi connectivity index (χ4v) is 2.12. The van der Waals surface area contributed by atoms with Gasteiger partial charge >= 0.3 is 0 Å². The second kappa shape index (κ2) is 4.48. The molecule has 0 aliphatic heterocycles. The monoisotopic (exact) mass is 251 g/mol. The third-order valence-electron chi connectivity index (χ3n) is 2.60. The van der Waals surface area contributed by atoms with Gasteiger partial charge in [-0.3, -0.25) is 5.10 Å². The highest BCUT2D eigenvalue weighted by molar-refractivity contribution is 7.98. The van der Waals surface area contributed by atoms with E-state index >= 15 is 0 Å². The molecule has 2 aromatic rings. The molecule has 90 valence electrons. The maximum Gasteiger partial charge on any atom is 0.237 e. The first-order valence-corrected chi connectivity index (χ1v) is 6.70. The molecular formula is C10H13N5OS. The zero-order valence-corrected chi connectivity index (χ0v) is 10.3. The normalized spacial score (nSPS) is 15.4. The van der Waals surface area contributed by atoms with Crippen molar-refractivity contribution >= 4 is 11.8 Å². The number of aromatic nitrogens is 5. The lowest BCUT2D eigenvalue weighted by Crippen LogP contribution is -1.85. The second-order valence-electron chi connectivity index (χ2n) is 4.03. The molecule has 1 saturated carbocycles. The van der Waals surface area contributed by atoms with Gasteiger partial charge in [0.05, 0.1) is 5.75 Å². The molecule has 1 N–H and O–H groups in total. The van der Waals surface area contributed by atoms with E-state index in [2.05, 4.69) is 25.3 Å². The standard InChI is InChI=1S/C10H13N5OS/c1-2-7-11-10(14-13-7)17-5-8-12-9(15-16-8)6-3-4-6/h6H,2-5H2,1H3,(H,11,13,14). The average molecular weight is 251 g/mol. The smallest absolute Gasteiger partial charge is 0.237 e. The molecule has 0 unspecified atom stereocenters. The van der Waals surface area contributed by atoms with Crippen LogP contribution in [-0.2, 0) is 12.2 Å². The van der Waals surface area contributed by atoms with Crippen LogP contribution < -0.4 is 0 Å². The number of H-pyrrole nitrogens is 1. The van der Waals surface area contributed by atoms with Crippen LogP contribution in [0, 0.1) is 0 Å². The molecule has 1 fully saturated rings. The Morgan fingerprint density at radius 3 is 3.00 bits per heavy atom. The lowest BCUT2D eigenvalue weighted by atomic mass is 10.4. The van der Waals surface area contributed by atoms with Gasteiger partial charge in [0.1, 0.15) is 5.82 Å². The fraction of sp³-hybridized carbons (Fsp3) is 0.600. The highest BCUT2D eigenvalue weighted by atomic mass is 32.2. The number of hydrogen-bond donors (Lipinski definition) is 1. The van der Waals surface area contributed by atoms with E-state index < -0.39 is 0 Å². The number of thioether (sulfide) groups is 1. The minimum Gasteiger partial charge on any atom is -0.338 e. The van der Waals surface area contributed by atoms with E-state index in [0.29, 0.717) is 17.6 Å². The van der Waals surface area contributed by atoms with Crippen LogP contribution >= 0.6 is 11.8 Å². The maximum atomic E-state index is 5.17. The minimum atomic E-state index is 0.535. The van der Waals surface area contributed by atoms with Crippen molar-refractivity contribution in [2.45, 2.75) is 43.0 Å². The van der Waals surface area contributed by atoms with Crippen LogP contribution in [0.1, 0.15) is 43.2 Å². The van der Waals surface area contributed by atoms with E-state index in [1.165, 1.54) is 24.6 Å². The third kappa shape index (κ3) is 2.49. The van der Waals surface area contributed by atoms with Gasteiger partial charge in [0.15, 0.2) is 5.82 Å². The van der Waals surface area contributed by atoms with Crippen LogP contribution in [0.5, 0.6) is 0 Å². The molecule has 0 amide bonds. The first-order valence-electron chi connectivity index (χ1n) is 5.71. The Hall–Kier alpha value is -1.37. The molecule has 7 heteroatoms. The van der Waals surface area contributed by atoms with Gasteiger partial charge in [-0.2, -0.15) is 4.98 Å².